The van der Waals surface area contributed by atoms with Gasteiger partial charge in [-0.25, -0.2) is 0 Å². The molecule has 0 aliphatic rings. The number of nitrogens with zero attached hydrogens (tertiary/aromatic N) is 2. The van der Waals surface area contributed by atoms with Crippen molar-refractivity contribution >= 4 is 12.1 Å². The van der Waals surface area contributed by atoms with Crippen LogP contribution in [0.25, 0.3) is 0 Å². The SMILES string of the molecule is O=C([NH][Nd+][NH]C(=O)n1cccc1)n1cccc1.[Br-]. The van der Waals surface area contributed by atoms with Crippen molar-refractivity contribution in [2.24, 2.45) is 0 Å². The van der Waals surface area contributed by atoms with Crippen LogP contribution in [-0.2, 0) is 0 Å². The van der Waals surface area contributed by atoms with E-state index in [1.54, 1.807) is 49.1 Å². The topological polar surface area (TPSA) is 68.1 Å². The molecule has 2 N–H and O–H groups in total. The molecule has 18 heavy (non-hydrogen) atoms. The van der Waals surface area contributed by atoms with Crippen LogP contribution < -0.4 is 19.8 Å². The number of aromatic nitrogens is 2. The van der Waals surface area contributed by atoms with Gasteiger partial charge < -0.3 is 17.0 Å². The van der Waals surface area contributed by atoms with E-state index >= 15 is 0 Å². The third-order valence-corrected chi connectivity index (χ3v) is 4.19. The van der Waals surface area contributed by atoms with Gasteiger partial charge in [0, 0.05) is 0 Å². The summed E-state index contributed by atoms with van der Waals surface area (Å²) in [6.07, 6.45) is 6.64. The standard InChI is InChI=1S/2C5H6N2O.BrH.Nd/c2*6-5(8)7-3-1-2-4-7;;/h2*1-4H,(H2,6,8);1H;/q;;;+3/p-3. The van der Waals surface area contributed by atoms with Crippen LogP contribution in [0.5, 0.6) is 0 Å². The van der Waals surface area contributed by atoms with E-state index in [-0.39, 0.29) is 29.0 Å². The summed E-state index contributed by atoms with van der Waals surface area (Å²) in [7, 11) is 0. The minimum Gasteiger partial charge on any atom is -1.00 e. The third kappa shape index (κ3) is 4.21. The summed E-state index contributed by atoms with van der Waals surface area (Å²) in [6, 6.07) is 6.67. The van der Waals surface area contributed by atoms with E-state index in [1.165, 1.54) is 9.13 Å². The van der Waals surface area contributed by atoms with E-state index in [0.717, 1.165) is 0 Å². The number of halogens is 1. The monoisotopic (exact) mass is 439 g/mol. The predicted octanol–water partition coefficient (Wildman–Crippen LogP) is -1.98. The molecule has 2 aromatic rings. The van der Waals surface area contributed by atoms with Gasteiger partial charge in [-0.15, -0.1) is 0 Å². The van der Waals surface area contributed by atoms with Gasteiger partial charge in [0.1, 0.15) is 0 Å². The van der Waals surface area contributed by atoms with Crippen molar-refractivity contribution in [3.63, 3.8) is 0 Å². The van der Waals surface area contributed by atoms with Gasteiger partial charge in [-0.1, -0.05) is 0 Å². The molecule has 0 saturated heterocycles. The maximum atomic E-state index is 11.5. The van der Waals surface area contributed by atoms with Gasteiger partial charge in [0.05, 0.1) is 0 Å². The average Bonchev–Trinajstić information content (AvgIpc) is 3.02. The van der Waals surface area contributed by atoms with Gasteiger partial charge in [0.15, 0.2) is 0 Å². The van der Waals surface area contributed by atoms with E-state index < -0.39 is 37.5 Å². The van der Waals surface area contributed by atoms with Gasteiger partial charge >= 0.3 is 120 Å². The maximum absolute atomic E-state index is 11.5. The van der Waals surface area contributed by atoms with Gasteiger partial charge in [0.25, 0.3) is 0 Å². The summed E-state index contributed by atoms with van der Waals surface area (Å²) < 4.78 is 8.38. The first kappa shape index (κ1) is 15.4. The number of hydrogen-bond acceptors (Lipinski definition) is 2. The molecule has 0 bridgehead atoms. The van der Waals surface area contributed by atoms with E-state index in [9.17, 15) is 9.59 Å². The fourth-order valence-corrected chi connectivity index (χ4v) is 2.92. The Labute approximate surface area is 136 Å². The van der Waals surface area contributed by atoms with E-state index in [1.807, 2.05) is 0 Å². The maximum Gasteiger partial charge on any atom is -1.00 e. The molecule has 93 valence electrons. The molecule has 2 aromatic heterocycles. The fraction of sp³-hybridized carbons (Fsp3) is 0. The number of hydrogen-bond donors (Lipinski definition) is 2. The van der Waals surface area contributed by atoms with Crippen LogP contribution in [0.15, 0.2) is 49.1 Å². The average molecular weight is 442 g/mol. The van der Waals surface area contributed by atoms with Crippen molar-refractivity contribution in [2.45, 2.75) is 0 Å². The molecule has 2 heterocycles. The van der Waals surface area contributed by atoms with Crippen molar-refractivity contribution in [1.82, 2.24) is 11.9 Å². The Hall–Kier alpha value is -0.669. The van der Waals surface area contributed by atoms with Crippen LogP contribution >= 0.6 is 0 Å². The van der Waals surface area contributed by atoms with Crippen molar-refractivity contribution in [1.29, 1.82) is 0 Å². The zero-order valence-corrected chi connectivity index (χ0v) is 14.0. The zero-order valence-electron chi connectivity index (χ0n) is 9.21. The van der Waals surface area contributed by atoms with Gasteiger partial charge in [-0.2, -0.15) is 0 Å². The Bertz CT molecular complexity index is 452. The first-order chi connectivity index (χ1) is 8.27. The van der Waals surface area contributed by atoms with Crippen molar-refractivity contribution in [2.75, 3.05) is 0 Å². The van der Waals surface area contributed by atoms with Crippen molar-refractivity contribution in [3.05, 3.63) is 49.1 Å². The first-order valence-corrected chi connectivity index (χ1v) is 8.10. The smallest absolute Gasteiger partial charge is 1.00 e. The molecular weight excluding hydrogens is 432 g/mol. The van der Waals surface area contributed by atoms with Crippen molar-refractivity contribution in [3.8, 4) is 0 Å². The molecule has 0 aromatic carbocycles. The summed E-state index contributed by atoms with van der Waals surface area (Å²) in [6.45, 7) is 0. The quantitative estimate of drug-likeness (QED) is 0.567. The summed E-state index contributed by atoms with van der Waals surface area (Å²) in [5.41, 5.74) is 0. The second-order valence-electron chi connectivity index (χ2n) is 3.17. The molecule has 6 nitrogen and oxygen atoms in total. The number of carbonyl (C=O) groups is 2. The molecule has 8 heteroatoms. The van der Waals surface area contributed by atoms with E-state index in [2.05, 4.69) is 2.80 Å². The minimum absolute atomic E-state index is 0. The zero-order chi connectivity index (χ0) is 12.1. The van der Waals surface area contributed by atoms with Crippen LogP contribution in [0, 0.1) is 37.5 Å². The number of amides is 2. The second kappa shape index (κ2) is 7.70. The Balaban J connectivity index is 0.00000162. The summed E-state index contributed by atoms with van der Waals surface area (Å²) in [5.74, 6) is 0. The normalized spacial score (nSPS) is 8.89. The van der Waals surface area contributed by atoms with E-state index in [0.29, 0.717) is 0 Å². The Morgan fingerprint density at radius 3 is 1.44 bits per heavy atom. The molecule has 0 spiro atoms. The minimum atomic E-state index is -1.67. The fourth-order valence-electron chi connectivity index (χ4n) is 1.21. The molecule has 0 fully saturated rings. The van der Waals surface area contributed by atoms with Gasteiger partial charge in [-0.05, 0) is 0 Å². The van der Waals surface area contributed by atoms with Crippen molar-refractivity contribution < 1.29 is 64.1 Å². The molecule has 0 unspecified atom stereocenters. The first-order valence-electron chi connectivity index (χ1n) is 4.89. The van der Waals surface area contributed by atoms with Gasteiger partial charge in [-0.3, -0.25) is 0 Å². The molecule has 2 rings (SSSR count). The molecular formula is C10H10BrN4NdO2. The number of carbonyl (C=O) groups excluding carboxylic acids is 2. The summed E-state index contributed by atoms with van der Waals surface area (Å²) in [4.78, 5) is 23.0. The Morgan fingerprint density at radius 1 is 0.778 bits per heavy atom. The molecule has 0 atom stereocenters. The molecule has 0 aliphatic heterocycles. The van der Waals surface area contributed by atoms with Crippen LogP contribution in [0.3, 0.4) is 0 Å². The molecule has 0 aliphatic carbocycles. The number of nitrogens with one attached hydrogen (secondary N) is 2. The summed E-state index contributed by atoms with van der Waals surface area (Å²) >= 11 is -1.67. The summed E-state index contributed by atoms with van der Waals surface area (Å²) in [5, 5.41) is 0. The Kier molecular flexibility index (Phi) is 6.58. The molecule has 2 amide bonds. The largest absolute Gasteiger partial charge is 1.00 e. The molecule has 0 radical (unpaired) electrons. The van der Waals surface area contributed by atoms with E-state index in [4.69, 9.17) is 0 Å². The van der Waals surface area contributed by atoms with Crippen LogP contribution in [-0.4, -0.2) is 21.2 Å². The van der Waals surface area contributed by atoms with Crippen LogP contribution in [0.1, 0.15) is 0 Å². The molecule has 0 saturated carbocycles. The predicted molar refractivity (Wildman–Crippen MR) is 56.7 cm³/mol. The third-order valence-electron chi connectivity index (χ3n) is 2.02. The Morgan fingerprint density at radius 2 is 1.11 bits per heavy atom. The van der Waals surface area contributed by atoms with Crippen LogP contribution in [0.2, 0.25) is 0 Å². The number of rotatable bonds is 2. The van der Waals surface area contributed by atoms with Crippen LogP contribution in [0.4, 0.5) is 9.59 Å². The van der Waals surface area contributed by atoms with Gasteiger partial charge in [0.2, 0.25) is 0 Å². The second-order valence-corrected chi connectivity index (χ2v) is 5.57.